The van der Waals surface area contributed by atoms with Gasteiger partial charge in [0.1, 0.15) is 5.75 Å². The van der Waals surface area contributed by atoms with E-state index >= 15 is 0 Å². The predicted octanol–water partition coefficient (Wildman–Crippen LogP) is 2.41. The number of non-ortho nitro benzene ring substituents is 1. The molecule has 0 atom stereocenters. The molecule has 70 valence electrons. The Morgan fingerprint density at radius 3 is 2.77 bits per heavy atom. The summed E-state index contributed by atoms with van der Waals surface area (Å²) in [6.45, 7) is 1.95. The van der Waals surface area contributed by atoms with Gasteiger partial charge < -0.3 is 5.11 Å². The van der Waals surface area contributed by atoms with E-state index in [-0.39, 0.29) is 11.4 Å². The summed E-state index contributed by atoms with van der Waals surface area (Å²) < 4.78 is 0. The van der Waals surface area contributed by atoms with Gasteiger partial charge in [0.05, 0.1) is 11.0 Å². The van der Waals surface area contributed by atoms with Crippen LogP contribution in [-0.2, 0) is 0 Å². The molecule has 0 saturated carbocycles. The monoisotopic (exact) mass is 199 g/mol. The van der Waals surface area contributed by atoms with Crippen molar-refractivity contribution in [2.45, 2.75) is 11.8 Å². The van der Waals surface area contributed by atoms with E-state index in [1.54, 1.807) is 6.07 Å². The van der Waals surface area contributed by atoms with Crippen LogP contribution < -0.4 is 0 Å². The van der Waals surface area contributed by atoms with Gasteiger partial charge in [-0.25, -0.2) is 0 Å². The Morgan fingerprint density at radius 1 is 1.62 bits per heavy atom. The van der Waals surface area contributed by atoms with Crippen LogP contribution in [0.3, 0.4) is 0 Å². The van der Waals surface area contributed by atoms with E-state index in [1.807, 2.05) is 6.92 Å². The zero-order valence-electron chi connectivity index (χ0n) is 7.06. The van der Waals surface area contributed by atoms with Crippen LogP contribution >= 0.6 is 11.8 Å². The second kappa shape index (κ2) is 4.13. The molecule has 0 saturated heterocycles. The average molecular weight is 199 g/mol. The molecule has 0 bridgehead atoms. The van der Waals surface area contributed by atoms with Gasteiger partial charge in [0, 0.05) is 11.0 Å². The van der Waals surface area contributed by atoms with Crippen LogP contribution in [0, 0.1) is 10.1 Å². The van der Waals surface area contributed by atoms with Crippen molar-refractivity contribution in [1.82, 2.24) is 0 Å². The number of thioether (sulfide) groups is 1. The van der Waals surface area contributed by atoms with E-state index in [9.17, 15) is 15.2 Å². The molecule has 0 spiro atoms. The average Bonchev–Trinajstić information content (AvgIpc) is 2.08. The molecule has 0 aliphatic carbocycles. The molecule has 1 rings (SSSR count). The van der Waals surface area contributed by atoms with Crippen molar-refractivity contribution in [3.05, 3.63) is 28.3 Å². The van der Waals surface area contributed by atoms with E-state index in [4.69, 9.17) is 0 Å². The first-order chi connectivity index (χ1) is 6.15. The van der Waals surface area contributed by atoms with Crippen molar-refractivity contribution < 1.29 is 10.0 Å². The van der Waals surface area contributed by atoms with Gasteiger partial charge in [-0.2, -0.15) is 0 Å². The first-order valence-electron chi connectivity index (χ1n) is 3.75. The maximum atomic E-state index is 10.3. The SMILES string of the molecule is CCSc1ccc([N+](=O)[O-])cc1O. The van der Waals surface area contributed by atoms with Gasteiger partial charge in [0.15, 0.2) is 0 Å². The number of phenolic OH excluding ortho intramolecular Hbond substituents is 1. The number of rotatable bonds is 3. The van der Waals surface area contributed by atoms with Crippen LogP contribution in [0.2, 0.25) is 0 Å². The smallest absolute Gasteiger partial charge is 0.273 e. The molecule has 0 unspecified atom stereocenters. The van der Waals surface area contributed by atoms with Gasteiger partial charge in [-0.05, 0) is 11.8 Å². The van der Waals surface area contributed by atoms with Crippen LogP contribution in [0.4, 0.5) is 5.69 Å². The predicted molar refractivity (Wildman–Crippen MR) is 51.2 cm³/mol. The first kappa shape index (κ1) is 9.85. The fraction of sp³-hybridized carbons (Fsp3) is 0.250. The highest BCUT2D eigenvalue weighted by atomic mass is 32.2. The lowest BCUT2D eigenvalue weighted by Crippen LogP contribution is -1.87. The summed E-state index contributed by atoms with van der Waals surface area (Å²) in [7, 11) is 0. The fourth-order valence-electron chi connectivity index (χ4n) is 0.897. The lowest BCUT2D eigenvalue weighted by molar-refractivity contribution is -0.385. The quantitative estimate of drug-likeness (QED) is 0.461. The van der Waals surface area contributed by atoms with E-state index in [1.165, 1.54) is 17.8 Å². The molecule has 1 N–H and O–H groups in total. The molecule has 0 aliphatic heterocycles. The summed E-state index contributed by atoms with van der Waals surface area (Å²) in [6, 6.07) is 4.11. The molecule has 0 fully saturated rings. The second-order valence-corrected chi connectivity index (χ2v) is 3.65. The van der Waals surface area contributed by atoms with Gasteiger partial charge in [0.25, 0.3) is 5.69 Å². The Hall–Kier alpha value is -1.23. The number of nitro groups is 1. The first-order valence-corrected chi connectivity index (χ1v) is 4.74. The highest BCUT2D eigenvalue weighted by Crippen LogP contribution is 2.31. The van der Waals surface area contributed by atoms with E-state index in [0.717, 1.165) is 11.8 Å². The second-order valence-electron chi connectivity index (χ2n) is 2.34. The molecule has 0 aliphatic rings. The number of hydrogen-bond donors (Lipinski definition) is 1. The van der Waals surface area contributed by atoms with Crippen LogP contribution in [-0.4, -0.2) is 15.8 Å². The van der Waals surface area contributed by atoms with E-state index < -0.39 is 4.92 Å². The van der Waals surface area contributed by atoms with Crippen molar-refractivity contribution in [2.24, 2.45) is 0 Å². The molecule has 1 aromatic rings. The molecule has 0 aromatic heterocycles. The van der Waals surface area contributed by atoms with Crippen LogP contribution in [0.15, 0.2) is 23.1 Å². The largest absolute Gasteiger partial charge is 0.507 e. The van der Waals surface area contributed by atoms with Crippen LogP contribution in [0.25, 0.3) is 0 Å². The molecule has 4 nitrogen and oxygen atoms in total. The third-order valence-corrected chi connectivity index (χ3v) is 2.40. The summed E-state index contributed by atoms with van der Waals surface area (Å²) in [5.74, 6) is 0.798. The Balaban J connectivity index is 2.98. The number of benzene rings is 1. The fourth-order valence-corrected chi connectivity index (χ4v) is 1.58. The summed E-state index contributed by atoms with van der Waals surface area (Å²) >= 11 is 1.45. The summed E-state index contributed by atoms with van der Waals surface area (Å²) in [6.07, 6.45) is 0. The van der Waals surface area contributed by atoms with Gasteiger partial charge in [0.2, 0.25) is 0 Å². The minimum atomic E-state index is -0.528. The maximum Gasteiger partial charge on any atom is 0.273 e. The molecule has 1 aromatic carbocycles. The molecular weight excluding hydrogens is 190 g/mol. The number of phenols is 1. The van der Waals surface area contributed by atoms with E-state index in [2.05, 4.69) is 0 Å². The molecule has 0 heterocycles. The van der Waals surface area contributed by atoms with Crippen LogP contribution in [0.1, 0.15) is 6.92 Å². The molecule has 0 radical (unpaired) electrons. The topological polar surface area (TPSA) is 63.4 Å². The van der Waals surface area contributed by atoms with E-state index in [0.29, 0.717) is 4.90 Å². The van der Waals surface area contributed by atoms with Crippen molar-refractivity contribution in [2.75, 3.05) is 5.75 Å². The number of nitro benzene ring substituents is 1. The number of aromatic hydroxyl groups is 1. The lowest BCUT2D eigenvalue weighted by atomic mass is 10.3. The number of nitrogens with zero attached hydrogens (tertiary/aromatic N) is 1. The summed E-state index contributed by atoms with van der Waals surface area (Å²) in [4.78, 5) is 10.5. The standard InChI is InChI=1S/C8H9NO3S/c1-2-13-8-4-3-6(9(11)12)5-7(8)10/h3-5,10H,2H2,1H3. The Labute approximate surface area is 79.7 Å². The Bertz CT molecular complexity index is 327. The minimum Gasteiger partial charge on any atom is -0.507 e. The highest BCUT2D eigenvalue weighted by Gasteiger charge is 2.09. The Kier molecular flexibility index (Phi) is 3.13. The highest BCUT2D eigenvalue weighted by molar-refractivity contribution is 7.99. The Morgan fingerprint density at radius 2 is 2.31 bits per heavy atom. The van der Waals surface area contributed by atoms with Gasteiger partial charge in [-0.3, -0.25) is 10.1 Å². The normalized spacial score (nSPS) is 9.92. The zero-order chi connectivity index (χ0) is 9.84. The van der Waals surface area contributed by atoms with Crippen molar-refractivity contribution >= 4 is 17.4 Å². The van der Waals surface area contributed by atoms with Crippen LogP contribution in [0.5, 0.6) is 5.75 Å². The summed E-state index contributed by atoms with van der Waals surface area (Å²) in [5, 5.41) is 19.7. The molecule has 5 heteroatoms. The maximum absolute atomic E-state index is 10.3. The van der Waals surface area contributed by atoms with Gasteiger partial charge in [-0.1, -0.05) is 6.92 Å². The number of hydrogen-bond acceptors (Lipinski definition) is 4. The van der Waals surface area contributed by atoms with Gasteiger partial charge in [-0.15, -0.1) is 11.8 Å². The van der Waals surface area contributed by atoms with Crippen molar-refractivity contribution in [3.8, 4) is 5.75 Å². The van der Waals surface area contributed by atoms with Crippen molar-refractivity contribution in [1.29, 1.82) is 0 Å². The molecular formula is C8H9NO3S. The molecule has 0 amide bonds. The van der Waals surface area contributed by atoms with Gasteiger partial charge >= 0.3 is 0 Å². The molecule has 13 heavy (non-hydrogen) atoms. The summed E-state index contributed by atoms with van der Waals surface area (Å²) in [5.41, 5.74) is -0.0852. The minimum absolute atomic E-state index is 0.0268. The lowest BCUT2D eigenvalue weighted by Gasteiger charge is -2.00. The zero-order valence-corrected chi connectivity index (χ0v) is 7.87. The third-order valence-electron chi connectivity index (χ3n) is 1.45. The van der Waals surface area contributed by atoms with Crippen molar-refractivity contribution in [3.63, 3.8) is 0 Å². The third kappa shape index (κ3) is 2.35.